The topological polar surface area (TPSA) is 619 Å². The molecule has 0 bridgehead atoms. The van der Waals surface area contributed by atoms with Gasteiger partial charge >= 0.3 is 17.9 Å². The number of carboxylic acids is 1. The summed E-state index contributed by atoms with van der Waals surface area (Å²) in [5, 5.41) is 211. The molecule has 1 aromatic carbocycles. The molecular formula is C84H124O41. The van der Waals surface area contributed by atoms with Gasteiger partial charge in [0, 0.05) is 6.08 Å². The average molecular weight is 1790 g/mol. The van der Waals surface area contributed by atoms with E-state index in [1.165, 1.54) is 27.0 Å². The fraction of sp³-hybridized carbons (Fsp3) is 0.833. The quantitative estimate of drug-likeness (QED) is 0.0161. The second-order valence-electron chi connectivity index (χ2n) is 37.9. The van der Waals surface area contributed by atoms with E-state index in [1.54, 1.807) is 31.2 Å². The number of rotatable bonds is 23. The first-order valence-electron chi connectivity index (χ1n) is 43.0. The number of methoxy groups -OCH3 is 1. The minimum absolute atomic E-state index is 0.0812. The lowest BCUT2D eigenvalue weighted by Crippen LogP contribution is -2.69. The summed E-state index contributed by atoms with van der Waals surface area (Å²) in [4.78, 5) is 57.7. The summed E-state index contributed by atoms with van der Waals surface area (Å²) in [7, 11) is 1.50. The van der Waals surface area contributed by atoms with E-state index < -0.39 is 317 Å². The lowest BCUT2D eigenvalue weighted by molar-refractivity contribution is -0.398. The SMILES string of the molecule is COc1ccc(/C=C/C(=O)O[C@@H]2[C@H](O)[C@@H](O[C@@H]3O[C@@H](C)[C@H](O[C@@H]4OC[C@@H](O)[C@H](O[C@@H]5OC[C@@H](O)[C@H](O)[C@H]5O)[C@H]4O)[C@@H](O)[C@H]3O)[C@H](OC(=O)[C@]34CCC(C)(C)C[C@H]3C3=CC[C@@H]5[C@@]6(C)CC[C@H](O[C@@H]7O[C@H](C(=O)O)[C@@H](O)[C@H](O[C@@H]8OC[C@H](O)[C@H](O)[C@H]8O)[C@H]7O[C@@H]7O[C@H](CO)[C@H](O[C@@H]8OC[C@@H](O)[C@H](O)[C@H]8O)[C@H](O)[C@H]7O)[C@@](C)(C=O)[C@@H]6CC[C@@]5(C)[C@]3(C)CC4)O[C@@H]2C)cc1. The Morgan fingerprint density at radius 3 is 1.57 bits per heavy atom. The molecule has 45 atom stereocenters. The van der Waals surface area contributed by atoms with E-state index in [2.05, 4.69) is 40.7 Å². The monoisotopic (exact) mass is 1790 g/mol. The highest BCUT2D eigenvalue weighted by atomic mass is 16.8. The van der Waals surface area contributed by atoms with Crippen LogP contribution in [-0.2, 0) is 99.7 Å². The summed E-state index contributed by atoms with van der Waals surface area (Å²) in [6.45, 7) is 12.3. The molecule has 14 rings (SSSR count). The maximum absolute atomic E-state index is 16.2. The maximum Gasteiger partial charge on any atom is 0.335 e. The number of allylic oxidation sites excluding steroid dienone is 2. The molecule has 1 aromatic rings. The average Bonchev–Trinajstić information content (AvgIpc) is 0.672. The number of ether oxygens (including phenoxy) is 18. The zero-order valence-electron chi connectivity index (χ0n) is 70.8. The highest BCUT2D eigenvalue weighted by molar-refractivity contribution is 5.87. The van der Waals surface area contributed by atoms with Crippen LogP contribution in [0.15, 0.2) is 42.0 Å². The van der Waals surface area contributed by atoms with Gasteiger partial charge in [0.05, 0.1) is 69.3 Å². The summed E-state index contributed by atoms with van der Waals surface area (Å²) in [5.74, 6) is -4.00. The molecule has 41 nitrogen and oxygen atoms in total. The van der Waals surface area contributed by atoms with Crippen molar-refractivity contribution in [3.05, 3.63) is 47.6 Å². The lowest BCUT2D eigenvalue weighted by atomic mass is 9.33. The van der Waals surface area contributed by atoms with Gasteiger partial charge in [0.2, 0.25) is 6.29 Å². The van der Waals surface area contributed by atoms with E-state index in [9.17, 15) is 111 Å². The van der Waals surface area contributed by atoms with Crippen LogP contribution >= 0.6 is 0 Å². The molecule has 12 fully saturated rings. The van der Waals surface area contributed by atoms with Crippen LogP contribution in [0.5, 0.6) is 5.75 Å². The summed E-state index contributed by atoms with van der Waals surface area (Å²) in [6.07, 6.45) is -57.3. The predicted octanol–water partition coefficient (Wildman–Crippen LogP) is -4.58. The summed E-state index contributed by atoms with van der Waals surface area (Å²) < 4.78 is 108. The van der Waals surface area contributed by atoms with Crippen molar-refractivity contribution in [2.75, 3.05) is 40.1 Å². The maximum atomic E-state index is 16.2. The van der Waals surface area contributed by atoms with Gasteiger partial charge in [-0.25, -0.2) is 9.59 Å². The Hall–Kier alpha value is -4.74. The molecule has 125 heavy (non-hydrogen) atoms. The summed E-state index contributed by atoms with van der Waals surface area (Å²) in [6, 6.07) is 6.74. The van der Waals surface area contributed by atoms with E-state index in [1.807, 2.05) is 0 Å². The number of esters is 2. The highest BCUT2D eigenvalue weighted by Crippen LogP contribution is 2.76. The third-order valence-corrected chi connectivity index (χ3v) is 29.9. The lowest BCUT2D eigenvalue weighted by Gasteiger charge is -2.71. The number of benzene rings is 1. The minimum atomic E-state index is -2.29. The second kappa shape index (κ2) is 37.7. The Morgan fingerprint density at radius 1 is 0.472 bits per heavy atom. The zero-order valence-corrected chi connectivity index (χ0v) is 70.8. The molecule has 0 unspecified atom stereocenters. The first kappa shape index (κ1) is 96.3. The first-order chi connectivity index (χ1) is 59.0. The molecule has 0 radical (unpaired) electrons. The molecule has 5 aliphatic carbocycles. The van der Waals surface area contributed by atoms with Gasteiger partial charge in [-0.2, -0.15) is 0 Å². The molecule has 8 heterocycles. The van der Waals surface area contributed by atoms with E-state index in [-0.39, 0.29) is 24.2 Å². The van der Waals surface area contributed by atoms with Crippen LogP contribution in [0, 0.1) is 50.2 Å². The number of aliphatic carboxylic acids is 1. The molecule has 0 spiro atoms. The Morgan fingerprint density at radius 2 is 0.984 bits per heavy atom. The predicted molar refractivity (Wildman–Crippen MR) is 413 cm³/mol. The van der Waals surface area contributed by atoms with Crippen LogP contribution in [0.25, 0.3) is 6.08 Å². The van der Waals surface area contributed by atoms with E-state index >= 15 is 4.79 Å². The van der Waals surface area contributed by atoms with E-state index in [0.29, 0.717) is 62.7 Å². The summed E-state index contributed by atoms with van der Waals surface area (Å²) in [5.41, 5.74) is -3.37. The van der Waals surface area contributed by atoms with Crippen LogP contribution in [0.4, 0.5) is 0 Å². The van der Waals surface area contributed by atoms with E-state index in [0.717, 1.165) is 17.9 Å². The standard InChI is InChI=1S/C84H124O41/c1-33-61(118-73-60(104)63(42(90)31-112-73)119-70-53(97)48(92)39(87)28-109-70)51(95)56(100)74(113-33)123-67-58(102)62(117-47(91)17-12-35-10-13-36(108-9)14-11-35)34(2)114-76(67)125-78(107)84-24-22-79(3,4)26-38(84)37-15-16-45-80(5)20-19-46(81(6,32-86)44(80)18-21-83(45,8)82(37,7)23-25-84)116-77-68(65(59(103)66(122-77)69(105)106)121-72-55(99)50(94)41(89)30-111-72)124-75-57(101)52(96)64(43(27-85)115-75)120-71-54(98)49(93)40(88)29-110-71/h10-15,17,32-34,38-46,48-68,70-77,85,87-90,92-104H,16,18-31H2,1-9H3,(H,105,106)/b17-12+/t33-,34+,38-,39+,40+,41-,42+,43+,44+,45+,46-,48-,49-,50-,51-,52+,53+,54+,55+,56+,57+,58-,59-,60+,61-,62-,63-,64-,65-,66-,67+,68+,70-,71-,72-,73-,74-,75-,76-,77+,80-,81-,82+,83+,84-/m0/s1. The van der Waals surface area contributed by atoms with Crippen molar-refractivity contribution in [2.24, 2.45) is 50.2 Å². The molecule has 41 heteroatoms. The van der Waals surface area contributed by atoms with Gasteiger partial charge in [-0.15, -0.1) is 0 Å². The second-order valence-corrected chi connectivity index (χ2v) is 37.9. The fourth-order valence-corrected chi connectivity index (χ4v) is 22.3. The number of aliphatic hydroxyl groups excluding tert-OH is 18. The van der Waals surface area contributed by atoms with Gasteiger partial charge in [-0.1, -0.05) is 65.3 Å². The van der Waals surface area contributed by atoms with Crippen LogP contribution in [0.1, 0.15) is 125 Å². The molecule has 8 saturated heterocycles. The Kier molecular flexibility index (Phi) is 29.1. The van der Waals surface area contributed by atoms with Gasteiger partial charge in [0.25, 0.3) is 0 Å². The number of carbonyl (C=O) groups excluding carboxylic acids is 3. The van der Waals surface area contributed by atoms with E-state index in [4.69, 9.17) is 85.3 Å². The highest BCUT2D eigenvalue weighted by Gasteiger charge is 2.72. The molecule has 4 saturated carbocycles. The number of aliphatic hydroxyl groups is 18. The number of fused-ring (bicyclic) bond motifs is 7. The number of hydrogen-bond acceptors (Lipinski definition) is 40. The van der Waals surface area contributed by atoms with Crippen molar-refractivity contribution >= 4 is 30.3 Å². The van der Waals surface area contributed by atoms with Crippen LogP contribution in [0.3, 0.4) is 0 Å². The van der Waals surface area contributed by atoms with Crippen molar-refractivity contribution in [1.29, 1.82) is 0 Å². The third kappa shape index (κ3) is 17.9. The van der Waals surface area contributed by atoms with Crippen molar-refractivity contribution < 1.29 is 201 Å². The molecule has 0 amide bonds. The van der Waals surface area contributed by atoms with Gasteiger partial charge in [-0.05, 0) is 141 Å². The molecule has 19 N–H and O–H groups in total. The van der Waals surface area contributed by atoms with Crippen LogP contribution in [-0.4, -0.2) is 389 Å². The minimum Gasteiger partial charge on any atom is -0.497 e. The smallest absolute Gasteiger partial charge is 0.335 e. The van der Waals surface area contributed by atoms with Crippen molar-refractivity contribution in [1.82, 2.24) is 0 Å². The molecule has 13 aliphatic rings. The normalized spacial score (nSPS) is 50.6. The molecule has 706 valence electrons. The van der Waals surface area contributed by atoms with Gasteiger partial charge < -0.3 is 187 Å². The van der Waals surface area contributed by atoms with Crippen LogP contribution < -0.4 is 4.74 Å². The van der Waals surface area contributed by atoms with Crippen molar-refractivity contribution in [3.8, 4) is 5.75 Å². The largest absolute Gasteiger partial charge is 0.497 e. The number of carbonyl (C=O) groups is 4. The zero-order chi connectivity index (χ0) is 90.5. The van der Waals surface area contributed by atoms with Gasteiger partial charge in [0.15, 0.2) is 62.3 Å². The first-order valence-corrected chi connectivity index (χ1v) is 43.0. The Balaban J connectivity index is 0.715. The molecular weight excluding hydrogens is 1660 g/mol. The van der Waals surface area contributed by atoms with Crippen molar-refractivity contribution in [3.63, 3.8) is 0 Å². The Labute approximate surface area is 719 Å². The molecule has 0 aromatic heterocycles. The van der Waals surface area contributed by atoms with Gasteiger partial charge in [-0.3, -0.25) is 4.79 Å². The number of aldehydes is 1. The Bertz CT molecular complexity index is 3940. The van der Waals surface area contributed by atoms with Gasteiger partial charge in [0.1, 0.15) is 152 Å². The van der Waals surface area contributed by atoms with Crippen LogP contribution in [0.2, 0.25) is 0 Å². The third-order valence-electron chi connectivity index (χ3n) is 29.9. The van der Waals surface area contributed by atoms with Crippen molar-refractivity contribution in [2.45, 2.75) is 347 Å². The fourth-order valence-electron chi connectivity index (χ4n) is 22.3. The summed E-state index contributed by atoms with van der Waals surface area (Å²) >= 11 is 0. The number of hydrogen-bond donors (Lipinski definition) is 19. The molecule has 8 aliphatic heterocycles. The number of carboxylic acid groups (broad SMARTS) is 1.